The molecule has 0 saturated carbocycles. The zero-order chi connectivity index (χ0) is 40.7. The van der Waals surface area contributed by atoms with Gasteiger partial charge in [-0.3, -0.25) is 4.57 Å². The van der Waals surface area contributed by atoms with E-state index in [1.54, 1.807) is 0 Å². The minimum Gasteiger partial charge on any atom is -0.310 e. The van der Waals surface area contributed by atoms with Gasteiger partial charge in [-0.25, -0.2) is 9.97 Å². The zero-order valence-electron chi connectivity index (χ0n) is 34.1. The van der Waals surface area contributed by atoms with Gasteiger partial charge in [0.05, 0.1) is 27.8 Å². The second-order valence-corrected chi connectivity index (χ2v) is 16.9. The van der Waals surface area contributed by atoms with Gasteiger partial charge in [-0.05, 0) is 76.2 Å². The maximum absolute atomic E-state index is 5.47. The molecule has 2 aromatic heterocycles. The van der Waals surface area contributed by atoms with Crippen LogP contribution in [0.3, 0.4) is 0 Å². The van der Waals surface area contributed by atoms with E-state index in [0.29, 0.717) is 11.9 Å². The van der Waals surface area contributed by atoms with Crippen molar-refractivity contribution in [3.05, 3.63) is 216 Å². The van der Waals surface area contributed by atoms with Crippen LogP contribution in [0.4, 0.5) is 17.1 Å². The van der Waals surface area contributed by atoms with Gasteiger partial charge in [0.2, 0.25) is 5.95 Å². The molecule has 3 aliphatic rings. The topological polar surface area (TPSA) is 34.0 Å². The first-order valence-electron chi connectivity index (χ1n) is 21.3. The molecule has 0 radical (unpaired) electrons. The highest BCUT2D eigenvalue weighted by molar-refractivity contribution is 5.97. The predicted molar refractivity (Wildman–Crippen MR) is 253 cm³/mol. The molecule has 290 valence electrons. The Bertz CT molecular complexity index is 3430. The number of rotatable bonds is 6. The summed E-state index contributed by atoms with van der Waals surface area (Å²) in [6.45, 7) is 4.72. The fraction of sp³-hybridized carbons (Fsp3) is 0.0877. The Morgan fingerprint density at radius 1 is 0.590 bits per heavy atom. The molecule has 7 aromatic carbocycles. The lowest BCUT2D eigenvalue weighted by atomic mass is 9.82. The number of aromatic nitrogens is 3. The number of para-hydroxylation sites is 2. The fourth-order valence-corrected chi connectivity index (χ4v) is 10.2. The molecule has 61 heavy (non-hydrogen) atoms. The van der Waals surface area contributed by atoms with Gasteiger partial charge in [-0.1, -0.05) is 178 Å². The zero-order valence-corrected chi connectivity index (χ0v) is 34.1. The van der Waals surface area contributed by atoms with Crippen LogP contribution >= 0.6 is 0 Å². The molecular weight excluding hydrogens is 741 g/mol. The van der Waals surface area contributed by atoms with E-state index in [9.17, 15) is 0 Å². The molecular formula is C57H42N4. The third-order valence-electron chi connectivity index (χ3n) is 13.1. The van der Waals surface area contributed by atoms with Crippen molar-refractivity contribution in [1.29, 1.82) is 0 Å². The van der Waals surface area contributed by atoms with E-state index >= 15 is 0 Å². The summed E-state index contributed by atoms with van der Waals surface area (Å²) in [6.07, 6.45) is 12.3. The summed E-state index contributed by atoms with van der Waals surface area (Å²) in [5.41, 5.74) is 16.1. The number of nitrogens with zero attached hydrogens (tertiary/aromatic N) is 4. The lowest BCUT2D eigenvalue weighted by Gasteiger charge is -2.30. The van der Waals surface area contributed by atoms with Crippen LogP contribution in [-0.2, 0) is 5.41 Å². The van der Waals surface area contributed by atoms with E-state index in [2.05, 4.69) is 224 Å². The Morgan fingerprint density at radius 2 is 1.28 bits per heavy atom. The molecule has 4 heteroatoms. The van der Waals surface area contributed by atoms with Crippen LogP contribution in [0.2, 0.25) is 0 Å². The van der Waals surface area contributed by atoms with Crippen LogP contribution in [0, 0.1) is 5.92 Å². The minimum absolute atomic E-state index is 0.153. The minimum atomic E-state index is -0.153. The van der Waals surface area contributed by atoms with Crippen molar-refractivity contribution in [2.45, 2.75) is 25.7 Å². The number of fused-ring (bicyclic) bond motifs is 8. The molecule has 2 heterocycles. The monoisotopic (exact) mass is 782 g/mol. The highest BCUT2D eigenvalue weighted by atomic mass is 15.2. The van der Waals surface area contributed by atoms with Crippen molar-refractivity contribution in [3.8, 4) is 39.5 Å². The molecule has 0 saturated heterocycles. The van der Waals surface area contributed by atoms with Gasteiger partial charge in [0.25, 0.3) is 0 Å². The van der Waals surface area contributed by atoms with Gasteiger partial charge < -0.3 is 4.90 Å². The molecule has 12 rings (SSSR count). The number of hydrogen-bond donors (Lipinski definition) is 0. The van der Waals surface area contributed by atoms with E-state index in [1.807, 2.05) is 0 Å². The second-order valence-electron chi connectivity index (χ2n) is 16.9. The van der Waals surface area contributed by atoms with E-state index in [-0.39, 0.29) is 5.41 Å². The third kappa shape index (κ3) is 5.52. The molecule has 1 unspecified atom stereocenters. The van der Waals surface area contributed by atoms with Crippen LogP contribution in [0.15, 0.2) is 194 Å². The van der Waals surface area contributed by atoms with Crippen molar-refractivity contribution in [1.82, 2.24) is 14.5 Å². The fourth-order valence-electron chi connectivity index (χ4n) is 10.2. The number of hydrogen-bond acceptors (Lipinski definition) is 3. The smallest absolute Gasteiger partial charge is 0.235 e. The van der Waals surface area contributed by atoms with Gasteiger partial charge in [0.1, 0.15) is 0 Å². The van der Waals surface area contributed by atoms with Crippen molar-refractivity contribution in [3.63, 3.8) is 0 Å². The van der Waals surface area contributed by atoms with Crippen molar-refractivity contribution < 1.29 is 0 Å². The van der Waals surface area contributed by atoms with Crippen LogP contribution in [0.5, 0.6) is 0 Å². The van der Waals surface area contributed by atoms with E-state index in [1.165, 1.54) is 44.0 Å². The number of allylic oxidation sites excluding steroid dienone is 4. The first kappa shape index (κ1) is 35.4. The lowest BCUT2D eigenvalue weighted by molar-refractivity contribution is 0.660. The van der Waals surface area contributed by atoms with Crippen LogP contribution < -0.4 is 15.5 Å². The highest BCUT2D eigenvalue weighted by Gasteiger charge is 2.36. The van der Waals surface area contributed by atoms with E-state index in [4.69, 9.17) is 9.97 Å². The summed E-state index contributed by atoms with van der Waals surface area (Å²) >= 11 is 0. The lowest BCUT2D eigenvalue weighted by Crippen LogP contribution is -2.35. The maximum atomic E-state index is 5.47. The van der Waals surface area contributed by atoms with Crippen LogP contribution in [-0.4, -0.2) is 14.5 Å². The summed E-state index contributed by atoms with van der Waals surface area (Å²) in [4.78, 5) is 13.3. The quantitative estimate of drug-likeness (QED) is 0.168. The Hall–Kier alpha value is -7.56. The van der Waals surface area contributed by atoms with Crippen LogP contribution in [0.25, 0.3) is 72.9 Å². The van der Waals surface area contributed by atoms with E-state index in [0.717, 1.165) is 62.1 Å². The molecule has 0 bridgehead atoms. The average molecular weight is 783 g/mol. The molecule has 3 aliphatic carbocycles. The summed E-state index contributed by atoms with van der Waals surface area (Å²) < 4.78 is 2.33. The molecule has 0 spiro atoms. The Kier molecular flexibility index (Phi) is 7.98. The maximum Gasteiger partial charge on any atom is 0.235 e. The average Bonchev–Trinajstić information content (AvgIpc) is 3.77. The van der Waals surface area contributed by atoms with Gasteiger partial charge in [-0.15, -0.1) is 0 Å². The molecule has 0 aliphatic heterocycles. The van der Waals surface area contributed by atoms with Gasteiger partial charge >= 0.3 is 0 Å². The SMILES string of the molecule is CC1(C)c2ccccc2-c2ccc(N(c3ccc4c5c(n(-c6nc(-c7ccccc7)c7ccccc7n6)c4c3)=CCC3C=CC=CC=53)c3ccccc3-c3ccccc3)cc21. The summed E-state index contributed by atoms with van der Waals surface area (Å²) in [6, 6.07) is 61.4. The van der Waals surface area contributed by atoms with Gasteiger partial charge in [-0.2, -0.15) is 0 Å². The van der Waals surface area contributed by atoms with Gasteiger partial charge in [0.15, 0.2) is 0 Å². The standard InChI is InChI=1S/C57H42N4/c1-57(2)48-26-14-11-24-44(48)45-32-30-40(35-49(45)57)60(51-28-16-13-22-42(51)37-17-5-3-6-18-37)41-31-33-47-53(36-41)61(52-34-29-38-19-9-10-23-43(38)54(47)52)56-58-50-27-15-12-25-46(50)55(59-56)39-20-7-4-8-21-39/h3-28,30-36,38H,29H2,1-2H3. The largest absolute Gasteiger partial charge is 0.310 e. The summed E-state index contributed by atoms with van der Waals surface area (Å²) in [5.74, 6) is 0.988. The third-order valence-corrected chi connectivity index (χ3v) is 13.1. The first-order valence-corrected chi connectivity index (χ1v) is 21.3. The van der Waals surface area contributed by atoms with Crippen LogP contribution in [0.1, 0.15) is 31.4 Å². The van der Waals surface area contributed by atoms with Crippen molar-refractivity contribution in [2.24, 2.45) is 5.92 Å². The first-order chi connectivity index (χ1) is 30.0. The Labute approximate surface area is 355 Å². The number of benzene rings is 7. The van der Waals surface area contributed by atoms with Crippen molar-refractivity contribution >= 4 is 50.5 Å². The Balaban J connectivity index is 1.15. The molecule has 0 fully saturated rings. The molecule has 1 atom stereocenters. The van der Waals surface area contributed by atoms with Gasteiger partial charge in [0, 0.05) is 49.8 Å². The molecule has 0 amide bonds. The summed E-state index contributed by atoms with van der Waals surface area (Å²) in [7, 11) is 0. The van der Waals surface area contributed by atoms with E-state index < -0.39 is 0 Å². The van der Waals surface area contributed by atoms with Crippen molar-refractivity contribution in [2.75, 3.05) is 4.90 Å². The molecule has 0 N–H and O–H groups in total. The molecule has 4 nitrogen and oxygen atoms in total. The normalized spacial score (nSPS) is 15.6. The second kappa shape index (κ2) is 13.8. The highest BCUT2D eigenvalue weighted by Crippen LogP contribution is 2.51. The predicted octanol–water partition coefficient (Wildman–Crippen LogP) is 12.8. The molecule has 9 aromatic rings. The Morgan fingerprint density at radius 3 is 2.13 bits per heavy atom. The number of anilines is 3. The summed E-state index contributed by atoms with van der Waals surface area (Å²) in [5, 5.41) is 4.62.